The Balaban J connectivity index is 1.42. The first-order valence-electron chi connectivity index (χ1n) is 9.87. The Hall–Kier alpha value is -3.54. The second-order valence-corrected chi connectivity index (χ2v) is 6.82. The fourth-order valence-electron chi connectivity index (χ4n) is 3.17. The third kappa shape index (κ3) is 5.25. The van der Waals surface area contributed by atoms with Crippen molar-refractivity contribution in [2.24, 2.45) is 0 Å². The Morgan fingerprint density at radius 3 is 2.24 bits per heavy atom. The lowest BCUT2D eigenvalue weighted by molar-refractivity contribution is 0.294. The number of aromatic amines is 1. The number of aryl methyl sites for hydroxylation is 1. The van der Waals surface area contributed by atoms with E-state index in [2.05, 4.69) is 51.0 Å². The van der Waals surface area contributed by atoms with Gasteiger partial charge in [0.1, 0.15) is 5.82 Å². The van der Waals surface area contributed by atoms with Crippen LogP contribution in [0, 0.1) is 0 Å². The van der Waals surface area contributed by atoms with Gasteiger partial charge in [0.25, 0.3) is 0 Å². The molecule has 0 saturated heterocycles. The second-order valence-electron chi connectivity index (χ2n) is 6.82. The van der Waals surface area contributed by atoms with E-state index in [0.717, 1.165) is 53.9 Å². The number of tetrazole rings is 1. The highest BCUT2D eigenvalue weighted by Gasteiger charge is 2.08. The zero-order chi connectivity index (χ0) is 19.7. The molecule has 4 aromatic rings. The monoisotopic (exact) mass is 385 g/mol. The summed E-state index contributed by atoms with van der Waals surface area (Å²) < 4.78 is 6.01. The predicted molar refractivity (Wildman–Crippen MR) is 112 cm³/mol. The fraction of sp³-hybridized carbons (Fsp3) is 0.217. The molecule has 2 aromatic carbocycles. The van der Waals surface area contributed by atoms with Gasteiger partial charge in [-0.25, -0.2) is 10.1 Å². The lowest BCUT2D eigenvalue weighted by atomic mass is 10.0. The van der Waals surface area contributed by atoms with E-state index in [1.165, 1.54) is 0 Å². The number of hydrogen-bond acceptors (Lipinski definition) is 5. The molecule has 2 aromatic heterocycles. The average molecular weight is 385 g/mol. The van der Waals surface area contributed by atoms with E-state index >= 15 is 0 Å². The fourth-order valence-corrected chi connectivity index (χ4v) is 3.17. The number of H-pyrrole nitrogens is 1. The topological polar surface area (TPSA) is 76.6 Å². The van der Waals surface area contributed by atoms with Crippen molar-refractivity contribution in [3.63, 3.8) is 0 Å². The van der Waals surface area contributed by atoms with E-state index in [0.29, 0.717) is 12.5 Å². The van der Waals surface area contributed by atoms with E-state index < -0.39 is 0 Å². The largest absolute Gasteiger partial charge is 0.478 e. The number of ether oxygens (including phenoxy) is 1. The number of hydrogen-bond donors (Lipinski definition) is 1. The van der Waals surface area contributed by atoms with Crippen molar-refractivity contribution in [1.82, 2.24) is 25.6 Å². The molecule has 6 nitrogen and oxygen atoms in total. The van der Waals surface area contributed by atoms with E-state index in [-0.39, 0.29) is 0 Å². The van der Waals surface area contributed by atoms with Crippen LogP contribution in [0.5, 0.6) is 5.88 Å². The van der Waals surface area contributed by atoms with Crippen LogP contribution in [0.3, 0.4) is 0 Å². The summed E-state index contributed by atoms with van der Waals surface area (Å²) >= 11 is 0. The third-order valence-corrected chi connectivity index (χ3v) is 4.68. The van der Waals surface area contributed by atoms with Crippen LogP contribution in [0.4, 0.5) is 0 Å². The Morgan fingerprint density at radius 2 is 1.52 bits per heavy atom. The molecular weight excluding hydrogens is 362 g/mol. The maximum atomic E-state index is 6.01. The minimum atomic E-state index is 0.633. The average Bonchev–Trinajstić information content (AvgIpc) is 3.31. The zero-order valence-corrected chi connectivity index (χ0v) is 16.2. The summed E-state index contributed by atoms with van der Waals surface area (Å²) in [6.45, 7) is 0.633. The maximum Gasteiger partial charge on any atom is 0.214 e. The van der Waals surface area contributed by atoms with Crippen LogP contribution in [-0.2, 0) is 6.42 Å². The maximum absolute atomic E-state index is 6.01. The molecule has 0 amide bonds. The number of benzene rings is 2. The number of nitrogens with one attached hydrogen (secondary N) is 1. The summed E-state index contributed by atoms with van der Waals surface area (Å²) in [5.41, 5.74) is 4.25. The standard InChI is InChI=1S/C23H23N5O/c1-4-10-18(11-5-1)20-16-21(19-12-6-2-7-13-19)24-23(17-20)29-15-9-3-8-14-22-25-27-28-26-22/h1-2,4-7,10-13,16-17H,3,8-9,14-15H2,(H,25,26,27,28). The first-order chi connectivity index (χ1) is 14.4. The van der Waals surface area contributed by atoms with E-state index in [4.69, 9.17) is 9.72 Å². The molecule has 0 bridgehead atoms. The van der Waals surface area contributed by atoms with Crippen LogP contribution in [0.2, 0.25) is 0 Å². The van der Waals surface area contributed by atoms with Crippen LogP contribution in [-0.4, -0.2) is 32.2 Å². The number of unbranched alkanes of at least 4 members (excludes halogenated alkanes) is 2. The molecule has 4 rings (SSSR count). The molecule has 29 heavy (non-hydrogen) atoms. The van der Waals surface area contributed by atoms with E-state index in [9.17, 15) is 0 Å². The quantitative estimate of drug-likeness (QED) is 0.422. The zero-order valence-electron chi connectivity index (χ0n) is 16.2. The normalized spacial score (nSPS) is 10.8. The van der Waals surface area contributed by atoms with Crippen LogP contribution >= 0.6 is 0 Å². The van der Waals surface area contributed by atoms with Gasteiger partial charge in [-0.3, -0.25) is 0 Å². The number of pyridine rings is 1. The molecule has 0 saturated carbocycles. The molecule has 0 aliphatic rings. The minimum Gasteiger partial charge on any atom is -0.478 e. The van der Waals surface area contributed by atoms with Crippen molar-refractivity contribution in [3.05, 3.63) is 78.6 Å². The lowest BCUT2D eigenvalue weighted by Crippen LogP contribution is -2.01. The summed E-state index contributed by atoms with van der Waals surface area (Å²) in [5.74, 6) is 1.49. The third-order valence-electron chi connectivity index (χ3n) is 4.68. The van der Waals surface area contributed by atoms with Crippen LogP contribution in [0.15, 0.2) is 72.8 Å². The summed E-state index contributed by atoms with van der Waals surface area (Å²) in [7, 11) is 0. The summed E-state index contributed by atoms with van der Waals surface area (Å²) in [5, 5.41) is 13.9. The Bertz CT molecular complexity index is 946. The number of rotatable bonds is 9. The van der Waals surface area contributed by atoms with Crippen molar-refractivity contribution in [2.45, 2.75) is 25.7 Å². The van der Waals surface area contributed by atoms with Gasteiger partial charge in [-0.2, -0.15) is 0 Å². The smallest absolute Gasteiger partial charge is 0.214 e. The van der Waals surface area contributed by atoms with Gasteiger partial charge >= 0.3 is 0 Å². The lowest BCUT2D eigenvalue weighted by Gasteiger charge is -2.11. The van der Waals surface area contributed by atoms with Crippen LogP contribution in [0.25, 0.3) is 22.4 Å². The molecule has 0 radical (unpaired) electrons. The molecule has 146 valence electrons. The molecular formula is C23H23N5O. The van der Waals surface area contributed by atoms with Crippen molar-refractivity contribution < 1.29 is 4.74 Å². The van der Waals surface area contributed by atoms with Gasteiger partial charge in [-0.1, -0.05) is 60.7 Å². The Morgan fingerprint density at radius 1 is 0.759 bits per heavy atom. The molecule has 6 heteroatoms. The number of aromatic nitrogens is 5. The molecule has 0 fully saturated rings. The van der Waals surface area contributed by atoms with Gasteiger partial charge < -0.3 is 4.74 Å². The predicted octanol–water partition coefficient (Wildman–Crippen LogP) is 4.72. The van der Waals surface area contributed by atoms with Crippen molar-refractivity contribution >= 4 is 0 Å². The molecule has 0 atom stereocenters. The molecule has 0 aliphatic heterocycles. The van der Waals surface area contributed by atoms with Crippen LogP contribution in [0.1, 0.15) is 25.1 Å². The summed E-state index contributed by atoms with van der Waals surface area (Å²) in [6, 6.07) is 24.6. The van der Waals surface area contributed by atoms with Crippen molar-refractivity contribution in [1.29, 1.82) is 0 Å². The minimum absolute atomic E-state index is 0.633. The van der Waals surface area contributed by atoms with Gasteiger partial charge in [-0.05, 0) is 46.9 Å². The van der Waals surface area contributed by atoms with Gasteiger partial charge in [-0.15, -0.1) is 5.10 Å². The van der Waals surface area contributed by atoms with Gasteiger partial charge in [0, 0.05) is 18.1 Å². The summed E-state index contributed by atoms with van der Waals surface area (Å²) in [4.78, 5) is 4.73. The van der Waals surface area contributed by atoms with Gasteiger partial charge in [0.2, 0.25) is 5.88 Å². The summed E-state index contributed by atoms with van der Waals surface area (Å²) in [6.07, 6.45) is 3.88. The van der Waals surface area contributed by atoms with E-state index in [1.54, 1.807) is 0 Å². The van der Waals surface area contributed by atoms with Crippen molar-refractivity contribution in [3.8, 4) is 28.3 Å². The molecule has 0 spiro atoms. The van der Waals surface area contributed by atoms with Crippen molar-refractivity contribution in [2.75, 3.05) is 6.61 Å². The SMILES string of the molecule is c1ccc(-c2cc(OCCCCCc3nnn[nH]3)nc(-c3ccccc3)c2)cc1. The first-order valence-corrected chi connectivity index (χ1v) is 9.87. The Kier molecular flexibility index (Phi) is 6.22. The Labute approximate surface area is 170 Å². The molecule has 0 aliphatic carbocycles. The number of nitrogens with zero attached hydrogens (tertiary/aromatic N) is 4. The van der Waals surface area contributed by atoms with Crippen LogP contribution < -0.4 is 4.74 Å². The highest BCUT2D eigenvalue weighted by molar-refractivity contribution is 5.71. The first kappa shape index (κ1) is 18.8. The highest BCUT2D eigenvalue weighted by atomic mass is 16.5. The molecule has 1 N–H and O–H groups in total. The van der Waals surface area contributed by atoms with Gasteiger partial charge in [0.05, 0.1) is 12.3 Å². The molecule has 0 unspecified atom stereocenters. The molecule has 2 heterocycles. The second kappa shape index (κ2) is 9.59. The van der Waals surface area contributed by atoms with E-state index in [1.807, 2.05) is 42.5 Å². The highest BCUT2D eigenvalue weighted by Crippen LogP contribution is 2.28. The van der Waals surface area contributed by atoms with Gasteiger partial charge in [0.15, 0.2) is 0 Å².